The summed E-state index contributed by atoms with van der Waals surface area (Å²) in [5, 5.41) is 6.61. The molecule has 30 heavy (non-hydrogen) atoms. The highest BCUT2D eigenvalue weighted by molar-refractivity contribution is 6.48. The number of allylic oxidation sites excluding steroid dienone is 3. The van der Waals surface area contributed by atoms with E-state index in [1.54, 1.807) is 24.3 Å². The molecule has 1 fully saturated rings. The average Bonchev–Trinajstić information content (AvgIpc) is 3.12. The molecule has 0 saturated carbocycles. The zero-order valence-electron chi connectivity index (χ0n) is 15.7. The smallest absolute Gasteiger partial charge is 0.378 e. The highest BCUT2D eigenvalue weighted by Gasteiger charge is 2.70. The van der Waals surface area contributed by atoms with Crippen molar-refractivity contribution in [2.24, 2.45) is 10.6 Å². The molecule has 0 amide bonds. The van der Waals surface area contributed by atoms with E-state index in [0.717, 1.165) is 0 Å². The minimum atomic E-state index is -4.78. The van der Waals surface area contributed by atoms with Crippen LogP contribution in [-0.4, -0.2) is 30.6 Å². The second-order valence-electron chi connectivity index (χ2n) is 8.08. The third kappa shape index (κ3) is 3.25. The fourth-order valence-corrected chi connectivity index (χ4v) is 4.97. The second kappa shape index (κ2) is 7.12. The largest absolute Gasteiger partial charge is 0.432 e. The Kier molecular flexibility index (Phi) is 5.21. The Morgan fingerprint density at radius 3 is 2.20 bits per heavy atom. The summed E-state index contributed by atoms with van der Waals surface area (Å²) in [7, 11) is 0. The highest BCUT2D eigenvalue weighted by atomic mass is 35.5. The van der Waals surface area contributed by atoms with Crippen molar-refractivity contribution in [3.05, 3.63) is 56.6 Å². The van der Waals surface area contributed by atoms with Gasteiger partial charge < -0.3 is 10.2 Å². The Bertz CT molecular complexity index is 969. The highest BCUT2D eigenvalue weighted by Crippen LogP contribution is 2.58. The Labute approximate surface area is 185 Å². The fraction of sp³-hybridized carbons (Fsp3) is 0.450. The van der Waals surface area contributed by atoms with Gasteiger partial charge in [-0.25, -0.2) is 4.39 Å². The third-order valence-electron chi connectivity index (χ3n) is 6.07. The first kappa shape index (κ1) is 21.9. The normalized spacial score (nSPS) is 31.1. The van der Waals surface area contributed by atoms with E-state index in [9.17, 15) is 17.6 Å². The molecule has 3 nitrogen and oxygen atoms in total. The summed E-state index contributed by atoms with van der Waals surface area (Å²) >= 11 is 18.1. The molecule has 0 spiro atoms. The Morgan fingerprint density at radius 1 is 1.07 bits per heavy atom. The van der Waals surface area contributed by atoms with Gasteiger partial charge in [0.25, 0.3) is 0 Å². The lowest BCUT2D eigenvalue weighted by Crippen LogP contribution is -2.57. The van der Waals surface area contributed by atoms with Gasteiger partial charge in [0, 0.05) is 30.0 Å². The van der Waals surface area contributed by atoms with Crippen LogP contribution in [0.2, 0.25) is 0 Å². The van der Waals surface area contributed by atoms with Gasteiger partial charge in [-0.1, -0.05) is 77.2 Å². The number of alkyl halides is 4. The molecule has 2 unspecified atom stereocenters. The van der Waals surface area contributed by atoms with Crippen LogP contribution in [0.5, 0.6) is 0 Å². The van der Waals surface area contributed by atoms with E-state index in [1.165, 1.54) is 13.0 Å². The number of hydrogen-bond acceptors (Lipinski definition) is 3. The first-order chi connectivity index (χ1) is 13.9. The van der Waals surface area contributed by atoms with E-state index in [-0.39, 0.29) is 40.3 Å². The molecular weight excluding hydrogens is 467 g/mol. The van der Waals surface area contributed by atoms with Gasteiger partial charge in [-0.3, -0.25) is 0 Å². The molecule has 162 valence electrons. The molecule has 2 atom stereocenters. The minimum Gasteiger partial charge on any atom is -0.378 e. The van der Waals surface area contributed by atoms with Crippen LogP contribution in [0, 0.1) is 5.41 Å². The van der Waals surface area contributed by atoms with Crippen LogP contribution in [-0.2, 0) is 10.5 Å². The lowest BCUT2D eigenvalue weighted by Gasteiger charge is -2.44. The predicted molar refractivity (Wildman–Crippen MR) is 109 cm³/mol. The van der Waals surface area contributed by atoms with Crippen molar-refractivity contribution in [3.8, 4) is 0 Å². The lowest BCUT2D eigenvalue weighted by molar-refractivity contribution is -0.300. The van der Waals surface area contributed by atoms with Crippen LogP contribution >= 0.6 is 34.8 Å². The number of rotatable bonds is 3. The van der Waals surface area contributed by atoms with Crippen molar-refractivity contribution >= 4 is 40.5 Å². The molecular formula is C20H17Cl3F4N2O. The van der Waals surface area contributed by atoms with Crippen LogP contribution in [0.25, 0.3) is 0 Å². The van der Waals surface area contributed by atoms with Gasteiger partial charge in [0.1, 0.15) is 0 Å². The van der Waals surface area contributed by atoms with Crippen molar-refractivity contribution in [1.29, 1.82) is 0 Å². The monoisotopic (exact) mass is 482 g/mol. The SMILES string of the molecule is CC1(C2(C(F)(F)F)CC(c3ccc(C4(F)CNC4)cc3)=NO2)C=C(Cl)C(Cl)=C(Cl)C1. The molecule has 1 saturated heterocycles. The van der Waals surface area contributed by atoms with E-state index in [2.05, 4.69) is 10.5 Å². The summed E-state index contributed by atoms with van der Waals surface area (Å²) in [6.07, 6.45) is -4.30. The van der Waals surface area contributed by atoms with Crippen molar-refractivity contribution in [1.82, 2.24) is 5.32 Å². The number of oxime groups is 1. The van der Waals surface area contributed by atoms with Gasteiger partial charge in [0.15, 0.2) is 5.67 Å². The van der Waals surface area contributed by atoms with Gasteiger partial charge in [0.2, 0.25) is 5.60 Å². The average molecular weight is 484 g/mol. The molecule has 3 aliphatic rings. The van der Waals surface area contributed by atoms with Gasteiger partial charge in [-0.05, 0) is 17.5 Å². The quantitative estimate of drug-likeness (QED) is 0.527. The fourth-order valence-electron chi connectivity index (χ4n) is 4.06. The van der Waals surface area contributed by atoms with Gasteiger partial charge >= 0.3 is 6.18 Å². The third-order valence-corrected chi connectivity index (χ3v) is 7.32. The maximum absolute atomic E-state index is 14.5. The van der Waals surface area contributed by atoms with E-state index < -0.39 is 29.3 Å². The molecule has 2 heterocycles. The summed E-state index contributed by atoms with van der Waals surface area (Å²) in [4.78, 5) is 5.13. The predicted octanol–water partition coefficient (Wildman–Crippen LogP) is 6.10. The second-order valence-corrected chi connectivity index (χ2v) is 9.32. The van der Waals surface area contributed by atoms with E-state index in [0.29, 0.717) is 11.1 Å². The molecule has 0 aromatic heterocycles. The molecule has 4 rings (SSSR count). The number of nitrogens with one attached hydrogen (secondary N) is 1. The molecule has 1 N–H and O–H groups in total. The number of halogens is 7. The maximum Gasteiger partial charge on any atom is 0.432 e. The van der Waals surface area contributed by atoms with Crippen LogP contribution in [0.1, 0.15) is 30.9 Å². The molecule has 1 aromatic carbocycles. The number of nitrogens with zero attached hydrogens (tertiary/aromatic N) is 1. The van der Waals surface area contributed by atoms with Gasteiger partial charge in [0.05, 0.1) is 15.8 Å². The van der Waals surface area contributed by atoms with E-state index >= 15 is 0 Å². The molecule has 1 aliphatic carbocycles. The van der Waals surface area contributed by atoms with E-state index in [1.807, 2.05) is 0 Å². The van der Waals surface area contributed by atoms with Crippen LogP contribution < -0.4 is 5.32 Å². The Balaban J connectivity index is 1.65. The summed E-state index contributed by atoms with van der Waals surface area (Å²) in [6.45, 7) is 1.78. The first-order valence-corrected chi connectivity index (χ1v) is 10.3. The van der Waals surface area contributed by atoms with Crippen LogP contribution in [0.3, 0.4) is 0 Å². The number of hydrogen-bond donors (Lipinski definition) is 1. The van der Waals surface area contributed by atoms with Crippen molar-refractivity contribution in [2.45, 2.75) is 37.2 Å². The standard InChI is InChI=1S/C20H17Cl3F4N2O/c1-17(6-13(21)16(23)14(22)7-17)19(20(25,26)27)8-15(29-30-19)11-2-4-12(5-3-11)18(24)9-28-10-18/h2-6,28H,7-10H2,1H3. The topological polar surface area (TPSA) is 33.6 Å². The summed E-state index contributed by atoms with van der Waals surface area (Å²) in [6, 6.07) is 6.23. The minimum absolute atomic E-state index is 0.0218. The van der Waals surface area contributed by atoms with Crippen molar-refractivity contribution < 1.29 is 22.4 Å². The first-order valence-electron chi connectivity index (χ1n) is 9.16. The van der Waals surface area contributed by atoms with Crippen LogP contribution in [0.4, 0.5) is 17.6 Å². The summed E-state index contributed by atoms with van der Waals surface area (Å²) in [5.41, 5.74) is -4.76. The molecule has 10 heteroatoms. The van der Waals surface area contributed by atoms with Gasteiger partial charge in [-0.2, -0.15) is 13.2 Å². The van der Waals surface area contributed by atoms with Gasteiger partial charge in [-0.15, -0.1) is 0 Å². The van der Waals surface area contributed by atoms with Crippen molar-refractivity contribution in [2.75, 3.05) is 13.1 Å². The van der Waals surface area contributed by atoms with Crippen LogP contribution in [0.15, 0.2) is 50.6 Å². The Hall–Kier alpha value is -1.28. The maximum atomic E-state index is 14.5. The molecule has 2 aliphatic heterocycles. The summed E-state index contributed by atoms with van der Waals surface area (Å²) in [5.74, 6) is 0. The molecule has 1 aromatic rings. The lowest BCUT2D eigenvalue weighted by atomic mass is 9.66. The molecule has 0 radical (unpaired) electrons. The zero-order chi connectivity index (χ0) is 21.9. The summed E-state index contributed by atoms with van der Waals surface area (Å²) < 4.78 is 57.5. The molecule has 0 bridgehead atoms. The number of benzene rings is 1. The Morgan fingerprint density at radius 2 is 1.70 bits per heavy atom. The van der Waals surface area contributed by atoms with Crippen molar-refractivity contribution in [3.63, 3.8) is 0 Å². The van der Waals surface area contributed by atoms with E-state index in [4.69, 9.17) is 39.6 Å². The zero-order valence-corrected chi connectivity index (χ0v) is 18.0.